The van der Waals surface area contributed by atoms with Gasteiger partial charge in [-0.1, -0.05) is 30.3 Å². The van der Waals surface area contributed by atoms with Crippen LogP contribution in [0.5, 0.6) is 5.75 Å². The fourth-order valence-electron chi connectivity index (χ4n) is 2.22. The Balaban J connectivity index is 2.13. The average molecular weight is 329 g/mol. The van der Waals surface area contributed by atoms with Crippen molar-refractivity contribution >= 4 is 15.8 Å². The van der Waals surface area contributed by atoms with Gasteiger partial charge in [0.05, 0.1) is 17.7 Å². The molecule has 2 aromatic carbocycles. The minimum atomic E-state index is -3.85. The van der Waals surface area contributed by atoms with Crippen LogP contribution in [-0.2, 0) is 10.0 Å². The smallest absolute Gasteiger partial charge is 0.283 e. The highest BCUT2D eigenvalue weighted by Crippen LogP contribution is 2.26. The van der Waals surface area contributed by atoms with E-state index >= 15 is 0 Å². The van der Waals surface area contributed by atoms with Gasteiger partial charge in [0.25, 0.3) is 10.0 Å². The lowest BCUT2D eigenvalue weighted by Gasteiger charge is -2.09. The number of ether oxygens (including phenoxy) is 1. The average Bonchev–Trinajstić information content (AvgIpc) is 2.98. The number of nitrogen functional groups attached to an aromatic ring is 1. The zero-order valence-electron chi connectivity index (χ0n) is 12.4. The number of anilines is 1. The van der Waals surface area contributed by atoms with Crippen molar-refractivity contribution in [2.45, 2.75) is 4.90 Å². The van der Waals surface area contributed by atoms with Gasteiger partial charge in [0.15, 0.2) is 0 Å². The van der Waals surface area contributed by atoms with Crippen LogP contribution < -0.4 is 10.5 Å². The van der Waals surface area contributed by atoms with Crippen LogP contribution in [0.25, 0.3) is 11.3 Å². The molecule has 0 amide bonds. The molecule has 0 saturated carbocycles. The SMILES string of the molecule is COc1ccc(S(=O)(=O)n2nc(N)cc2-c2ccccc2)cc1. The summed E-state index contributed by atoms with van der Waals surface area (Å²) in [6.07, 6.45) is 0. The first-order valence-electron chi connectivity index (χ1n) is 6.83. The Morgan fingerprint density at radius 3 is 2.30 bits per heavy atom. The molecule has 23 heavy (non-hydrogen) atoms. The summed E-state index contributed by atoms with van der Waals surface area (Å²) < 4.78 is 31.7. The summed E-state index contributed by atoms with van der Waals surface area (Å²) >= 11 is 0. The Labute approximate surface area is 134 Å². The fourth-order valence-corrected chi connectivity index (χ4v) is 3.51. The van der Waals surface area contributed by atoms with Gasteiger partial charge in [0.1, 0.15) is 11.6 Å². The highest BCUT2D eigenvalue weighted by atomic mass is 32.2. The molecule has 0 unspecified atom stereocenters. The number of hydrogen-bond acceptors (Lipinski definition) is 5. The van der Waals surface area contributed by atoms with Crippen LogP contribution in [0.3, 0.4) is 0 Å². The van der Waals surface area contributed by atoms with E-state index in [1.165, 1.54) is 25.3 Å². The van der Waals surface area contributed by atoms with E-state index in [9.17, 15) is 8.42 Å². The zero-order valence-corrected chi connectivity index (χ0v) is 13.2. The first-order chi connectivity index (χ1) is 11.0. The van der Waals surface area contributed by atoms with E-state index < -0.39 is 10.0 Å². The number of hydrogen-bond donors (Lipinski definition) is 1. The first-order valence-corrected chi connectivity index (χ1v) is 8.27. The maximum atomic E-state index is 12.8. The Bertz CT molecular complexity index is 917. The van der Waals surface area contributed by atoms with Crippen molar-refractivity contribution in [1.82, 2.24) is 9.19 Å². The fraction of sp³-hybridized carbons (Fsp3) is 0.0625. The van der Waals surface area contributed by atoms with E-state index in [0.29, 0.717) is 17.0 Å². The Morgan fingerprint density at radius 1 is 1.04 bits per heavy atom. The summed E-state index contributed by atoms with van der Waals surface area (Å²) in [5.74, 6) is 0.716. The van der Waals surface area contributed by atoms with Crippen molar-refractivity contribution < 1.29 is 13.2 Å². The number of benzene rings is 2. The first kappa shape index (κ1) is 15.1. The lowest BCUT2D eigenvalue weighted by atomic mass is 10.2. The maximum absolute atomic E-state index is 12.8. The Kier molecular flexibility index (Phi) is 3.79. The molecule has 0 bridgehead atoms. The van der Waals surface area contributed by atoms with Crippen molar-refractivity contribution in [3.05, 3.63) is 60.7 Å². The second kappa shape index (κ2) is 5.77. The zero-order chi connectivity index (χ0) is 16.4. The topological polar surface area (TPSA) is 87.2 Å². The summed E-state index contributed by atoms with van der Waals surface area (Å²) in [4.78, 5) is 0.110. The van der Waals surface area contributed by atoms with Gasteiger partial charge in [0, 0.05) is 11.6 Å². The highest BCUT2D eigenvalue weighted by molar-refractivity contribution is 7.90. The van der Waals surface area contributed by atoms with Crippen LogP contribution in [-0.4, -0.2) is 24.7 Å². The minimum Gasteiger partial charge on any atom is -0.497 e. The van der Waals surface area contributed by atoms with Crippen molar-refractivity contribution in [2.75, 3.05) is 12.8 Å². The predicted octanol–water partition coefficient (Wildman–Crippen LogP) is 2.38. The third-order valence-corrected chi connectivity index (χ3v) is 4.95. The summed E-state index contributed by atoms with van der Waals surface area (Å²) in [6, 6.07) is 16.8. The molecule has 118 valence electrons. The number of aromatic nitrogens is 2. The molecule has 7 heteroatoms. The van der Waals surface area contributed by atoms with Gasteiger partial charge in [-0.2, -0.15) is 12.5 Å². The van der Waals surface area contributed by atoms with E-state index in [4.69, 9.17) is 10.5 Å². The van der Waals surface area contributed by atoms with E-state index in [2.05, 4.69) is 5.10 Å². The predicted molar refractivity (Wildman–Crippen MR) is 87.7 cm³/mol. The third-order valence-electron chi connectivity index (χ3n) is 3.35. The largest absolute Gasteiger partial charge is 0.497 e. The minimum absolute atomic E-state index is 0.110. The number of rotatable bonds is 4. The summed E-state index contributed by atoms with van der Waals surface area (Å²) in [7, 11) is -2.33. The molecule has 0 spiro atoms. The van der Waals surface area contributed by atoms with Gasteiger partial charge in [-0.05, 0) is 24.3 Å². The van der Waals surface area contributed by atoms with Crippen LogP contribution >= 0.6 is 0 Å². The third kappa shape index (κ3) is 2.78. The van der Waals surface area contributed by atoms with Crippen LogP contribution in [0, 0.1) is 0 Å². The molecule has 3 rings (SSSR count). The van der Waals surface area contributed by atoms with Crippen molar-refractivity contribution in [2.24, 2.45) is 0 Å². The van der Waals surface area contributed by atoms with Crippen LogP contribution in [0.1, 0.15) is 0 Å². The van der Waals surface area contributed by atoms with E-state index in [1.54, 1.807) is 24.3 Å². The number of methoxy groups -OCH3 is 1. The summed E-state index contributed by atoms with van der Waals surface area (Å²) in [6.45, 7) is 0. The molecule has 0 radical (unpaired) electrons. The van der Waals surface area contributed by atoms with Crippen molar-refractivity contribution in [3.63, 3.8) is 0 Å². The molecule has 0 atom stereocenters. The maximum Gasteiger partial charge on any atom is 0.283 e. The lowest BCUT2D eigenvalue weighted by molar-refractivity contribution is 0.414. The molecular weight excluding hydrogens is 314 g/mol. The Hall–Kier alpha value is -2.80. The van der Waals surface area contributed by atoms with Gasteiger partial charge in [-0.25, -0.2) is 0 Å². The van der Waals surface area contributed by atoms with E-state index in [1.807, 2.05) is 18.2 Å². The molecule has 0 fully saturated rings. The van der Waals surface area contributed by atoms with Crippen molar-refractivity contribution in [3.8, 4) is 17.0 Å². The van der Waals surface area contributed by atoms with Gasteiger partial charge in [0.2, 0.25) is 0 Å². The summed E-state index contributed by atoms with van der Waals surface area (Å²) in [5, 5.41) is 3.95. The molecule has 1 aromatic heterocycles. The molecule has 0 saturated heterocycles. The molecule has 2 N–H and O–H groups in total. The van der Waals surface area contributed by atoms with Crippen LogP contribution in [0.15, 0.2) is 65.6 Å². The normalized spacial score (nSPS) is 11.3. The molecule has 0 aliphatic heterocycles. The molecule has 3 aromatic rings. The molecule has 1 heterocycles. The number of nitrogens with two attached hydrogens (primary N) is 1. The van der Waals surface area contributed by atoms with E-state index in [0.717, 1.165) is 4.09 Å². The molecular formula is C16H15N3O3S. The monoisotopic (exact) mass is 329 g/mol. The van der Waals surface area contributed by atoms with E-state index in [-0.39, 0.29) is 10.7 Å². The molecule has 6 nitrogen and oxygen atoms in total. The molecule has 0 aliphatic rings. The second-order valence-electron chi connectivity index (χ2n) is 4.84. The Morgan fingerprint density at radius 2 is 1.70 bits per heavy atom. The summed E-state index contributed by atoms with van der Waals surface area (Å²) in [5.41, 5.74) is 6.85. The van der Waals surface area contributed by atoms with Gasteiger partial charge >= 0.3 is 0 Å². The number of nitrogens with zero attached hydrogens (tertiary/aromatic N) is 2. The van der Waals surface area contributed by atoms with Crippen molar-refractivity contribution in [1.29, 1.82) is 0 Å². The van der Waals surface area contributed by atoms with Gasteiger partial charge in [-0.15, -0.1) is 5.10 Å². The lowest BCUT2D eigenvalue weighted by Crippen LogP contribution is -2.16. The quantitative estimate of drug-likeness (QED) is 0.794. The second-order valence-corrected chi connectivity index (χ2v) is 6.61. The van der Waals surface area contributed by atoms with Gasteiger partial charge in [-0.3, -0.25) is 0 Å². The van der Waals surface area contributed by atoms with Crippen LogP contribution in [0.2, 0.25) is 0 Å². The molecule has 0 aliphatic carbocycles. The standard InChI is InChI=1S/C16H15N3O3S/c1-22-13-7-9-14(10-8-13)23(20,21)19-15(11-16(17)18-19)12-5-3-2-4-6-12/h2-11H,1H3,(H2,17,18). The highest BCUT2D eigenvalue weighted by Gasteiger charge is 2.23. The van der Waals surface area contributed by atoms with Gasteiger partial charge < -0.3 is 10.5 Å². The van der Waals surface area contributed by atoms with Crippen LogP contribution in [0.4, 0.5) is 5.82 Å².